The SMILES string of the molecule is CCC(C)N(C)C(=O)CCn1ncc(=O)c2ccccc21. The van der Waals surface area contributed by atoms with E-state index in [1.165, 1.54) is 6.20 Å². The van der Waals surface area contributed by atoms with Gasteiger partial charge in [0.05, 0.1) is 18.3 Å². The first kappa shape index (κ1) is 15.2. The zero-order valence-electron chi connectivity index (χ0n) is 12.7. The van der Waals surface area contributed by atoms with Gasteiger partial charge in [0.2, 0.25) is 11.3 Å². The van der Waals surface area contributed by atoms with Crippen molar-refractivity contribution in [2.24, 2.45) is 0 Å². The molecule has 0 N–H and O–H groups in total. The molecule has 0 radical (unpaired) electrons. The van der Waals surface area contributed by atoms with E-state index in [1.54, 1.807) is 15.6 Å². The van der Waals surface area contributed by atoms with Crippen LogP contribution in [0.1, 0.15) is 26.7 Å². The average molecular weight is 287 g/mol. The van der Waals surface area contributed by atoms with Crippen molar-refractivity contribution in [1.29, 1.82) is 0 Å². The van der Waals surface area contributed by atoms with E-state index in [0.29, 0.717) is 18.4 Å². The van der Waals surface area contributed by atoms with Gasteiger partial charge in [-0.2, -0.15) is 5.10 Å². The number of fused-ring (bicyclic) bond motifs is 1. The highest BCUT2D eigenvalue weighted by molar-refractivity contribution is 5.79. The topological polar surface area (TPSA) is 55.2 Å². The Morgan fingerprint density at radius 2 is 2.10 bits per heavy atom. The molecule has 1 unspecified atom stereocenters. The van der Waals surface area contributed by atoms with Crippen LogP contribution in [0.15, 0.2) is 35.3 Å². The average Bonchev–Trinajstić information content (AvgIpc) is 2.52. The summed E-state index contributed by atoms with van der Waals surface area (Å²) in [6, 6.07) is 7.56. The molecule has 0 spiro atoms. The van der Waals surface area contributed by atoms with E-state index in [-0.39, 0.29) is 17.4 Å². The molecule has 0 bridgehead atoms. The maximum Gasteiger partial charge on any atom is 0.224 e. The zero-order chi connectivity index (χ0) is 15.4. The lowest BCUT2D eigenvalue weighted by Crippen LogP contribution is -2.35. The monoisotopic (exact) mass is 287 g/mol. The van der Waals surface area contributed by atoms with Crippen molar-refractivity contribution in [3.8, 4) is 0 Å². The minimum absolute atomic E-state index is 0.0916. The molecule has 1 atom stereocenters. The van der Waals surface area contributed by atoms with Gasteiger partial charge in [0, 0.05) is 24.9 Å². The largest absolute Gasteiger partial charge is 0.343 e. The van der Waals surface area contributed by atoms with E-state index >= 15 is 0 Å². The van der Waals surface area contributed by atoms with Crippen molar-refractivity contribution in [2.45, 2.75) is 39.3 Å². The lowest BCUT2D eigenvalue weighted by Gasteiger charge is -2.24. The van der Waals surface area contributed by atoms with Crippen LogP contribution in [0.2, 0.25) is 0 Å². The summed E-state index contributed by atoms with van der Waals surface area (Å²) in [5.41, 5.74) is 0.675. The van der Waals surface area contributed by atoms with Crippen LogP contribution in [0.25, 0.3) is 10.9 Å². The number of nitrogens with zero attached hydrogens (tertiary/aromatic N) is 3. The zero-order valence-corrected chi connectivity index (χ0v) is 12.7. The highest BCUT2D eigenvalue weighted by Crippen LogP contribution is 2.09. The molecule has 1 amide bonds. The molecule has 21 heavy (non-hydrogen) atoms. The number of para-hydroxylation sites is 1. The van der Waals surface area contributed by atoms with Crippen LogP contribution in [-0.4, -0.2) is 33.7 Å². The lowest BCUT2D eigenvalue weighted by molar-refractivity contribution is -0.132. The molecule has 0 aliphatic heterocycles. The Bertz CT molecular complexity index is 693. The molecular formula is C16H21N3O2. The predicted molar refractivity (Wildman–Crippen MR) is 83.1 cm³/mol. The summed E-state index contributed by atoms with van der Waals surface area (Å²) in [5.74, 6) is 0.0916. The summed E-state index contributed by atoms with van der Waals surface area (Å²) < 4.78 is 1.72. The maximum absolute atomic E-state index is 12.1. The summed E-state index contributed by atoms with van der Waals surface area (Å²) in [4.78, 5) is 25.7. The van der Waals surface area contributed by atoms with Crippen LogP contribution in [-0.2, 0) is 11.3 Å². The van der Waals surface area contributed by atoms with Gasteiger partial charge in [0.15, 0.2) is 0 Å². The minimum atomic E-state index is -0.0927. The second kappa shape index (κ2) is 6.52. The number of hydrogen-bond acceptors (Lipinski definition) is 3. The predicted octanol–water partition coefficient (Wildman–Crippen LogP) is 2.04. The van der Waals surface area contributed by atoms with Crippen molar-refractivity contribution in [3.05, 3.63) is 40.7 Å². The van der Waals surface area contributed by atoms with E-state index in [0.717, 1.165) is 11.9 Å². The summed E-state index contributed by atoms with van der Waals surface area (Å²) in [6.45, 7) is 4.57. The first-order chi connectivity index (χ1) is 10.0. The molecule has 112 valence electrons. The molecule has 2 rings (SSSR count). The Morgan fingerprint density at radius 1 is 1.38 bits per heavy atom. The molecule has 1 aromatic heterocycles. The Balaban J connectivity index is 2.16. The second-order valence-corrected chi connectivity index (χ2v) is 5.26. The summed E-state index contributed by atoms with van der Waals surface area (Å²) in [5, 5.41) is 4.77. The number of carbonyl (C=O) groups is 1. The van der Waals surface area contributed by atoms with Crippen LogP contribution < -0.4 is 5.43 Å². The highest BCUT2D eigenvalue weighted by atomic mass is 16.2. The van der Waals surface area contributed by atoms with E-state index < -0.39 is 0 Å². The number of aromatic nitrogens is 2. The molecule has 1 aromatic carbocycles. The number of benzene rings is 1. The van der Waals surface area contributed by atoms with Crippen molar-refractivity contribution < 1.29 is 4.79 Å². The van der Waals surface area contributed by atoms with Crippen LogP contribution in [0, 0.1) is 0 Å². The van der Waals surface area contributed by atoms with Gasteiger partial charge in [0.25, 0.3) is 0 Å². The van der Waals surface area contributed by atoms with E-state index in [1.807, 2.05) is 32.2 Å². The second-order valence-electron chi connectivity index (χ2n) is 5.26. The van der Waals surface area contributed by atoms with E-state index in [4.69, 9.17) is 0 Å². The third kappa shape index (κ3) is 3.29. The first-order valence-corrected chi connectivity index (χ1v) is 7.25. The molecule has 0 aliphatic rings. The van der Waals surface area contributed by atoms with Gasteiger partial charge < -0.3 is 4.90 Å². The van der Waals surface area contributed by atoms with Gasteiger partial charge in [-0.05, 0) is 25.5 Å². The Hall–Kier alpha value is -2.17. The number of carbonyl (C=O) groups excluding carboxylic acids is 1. The Labute approximate surface area is 124 Å². The molecule has 0 aliphatic carbocycles. The van der Waals surface area contributed by atoms with Crippen LogP contribution in [0.5, 0.6) is 0 Å². The van der Waals surface area contributed by atoms with Gasteiger partial charge in [-0.15, -0.1) is 0 Å². The lowest BCUT2D eigenvalue weighted by atomic mass is 10.2. The van der Waals surface area contributed by atoms with Crippen molar-refractivity contribution in [3.63, 3.8) is 0 Å². The maximum atomic E-state index is 12.1. The molecule has 0 fully saturated rings. The van der Waals surface area contributed by atoms with Crippen molar-refractivity contribution in [1.82, 2.24) is 14.7 Å². The molecule has 0 saturated heterocycles. The number of rotatable bonds is 5. The van der Waals surface area contributed by atoms with E-state index in [2.05, 4.69) is 12.0 Å². The Morgan fingerprint density at radius 3 is 2.81 bits per heavy atom. The number of amides is 1. The highest BCUT2D eigenvalue weighted by Gasteiger charge is 2.14. The fraction of sp³-hybridized carbons (Fsp3) is 0.438. The summed E-state index contributed by atoms with van der Waals surface area (Å²) in [6.07, 6.45) is 2.62. The molecule has 5 nitrogen and oxygen atoms in total. The van der Waals surface area contributed by atoms with Crippen LogP contribution in [0.3, 0.4) is 0 Å². The summed E-state index contributed by atoms with van der Waals surface area (Å²) in [7, 11) is 1.83. The minimum Gasteiger partial charge on any atom is -0.343 e. The van der Waals surface area contributed by atoms with Crippen LogP contribution in [0.4, 0.5) is 0 Å². The van der Waals surface area contributed by atoms with Gasteiger partial charge in [-0.1, -0.05) is 19.1 Å². The first-order valence-electron chi connectivity index (χ1n) is 7.25. The third-order valence-corrected chi connectivity index (χ3v) is 3.94. The standard InChI is InChI=1S/C16H21N3O2/c1-4-12(2)18(3)16(21)9-10-19-14-8-6-5-7-13(14)15(20)11-17-19/h5-8,11-12H,4,9-10H2,1-3H3. The van der Waals surface area contributed by atoms with Gasteiger partial charge in [0.1, 0.15) is 0 Å². The molecular weight excluding hydrogens is 266 g/mol. The van der Waals surface area contributed by atoms with Crippen molar-refractivity contribution in [2.75, 3.05) is 7.05 Å². The van der Waals surface area contributed by atoms with Crippen molar-refractivity contribution >= 4 is 16.8 Å². The normalized spacial score (nSPS) is 12.3. The quantitative estimate of drug-likeness (QED) is 0.845. The van der Waals surface area contributed by atoms with Gasteiger partial charge >= 0.3 is 0 Å². The van der Waals surface area contributed by atoms with Crippen LogP contribution >= 0.6 is 0 Å². The fourth-order valence-corrected chi connectivity index (χ4v) is 2.24. The third-order valence-electron chi connectivity index (χ3n) is 3.94. The van der Waals surface area contributed by atoms with E-state index in [9.17, 15) is 9.59 Å². The fourth-order valence-electron chi connectivity index (χ4n) is 2.24. The van der Waals surface area contributed by atoms with Gasteiger partial charge in [-0.25, -0.2) is 0 Å². The molecule has 5 heteroatoms. The molecule has 1 heterocycles. The smallest absolute Gasteiger partial charge is 0.224 e. The summed E-state index contributed by atoms with van der Waals surface area (Å²) >= 11 is 0. The molecule has 0 saturated carbocycles. The number of hydrogen-bond donors (Lipinski definition) is 0. The Kier molecular flexibility index (Phi) is 4.73. The van der Waals surface area contributed by atoms with Gasteiger partial charge in [-0.3, -0.25) is 14.3 Å². The molecule has 2 aromatic rings. The number of aryl methyl sites for hydroxylation is 1.